The minimum absolute atomic E-state index is 0.125. The lowest BCUT2D eigenvalue weighted by Gasteiger charge is -2.33. The Balaban J connectivity index is 1.43. The van der Waals surface area contributed by atoms with Crippen LogP contribution < -0.4 is 5.32 Å². The molecule has 146 valence electrons. The van der Waals surface area contributed by atoms with E-state index in [-0.39, 0.29) is 5.91 Å². The number of rotatable bonds is 8. The molecule has 1 amide bonds. The predicted molar refractivity (Wildman–Crippen MR) is 107 cm³/mol. The Hall–Kier alpha value is -1.89. The van der Waals surface area contributed by atoms with Crippen molar-refractivity contribution in [1.29, 1.82) is 0 Å². The van der Waals surface area contributed by atoms with Gasteiger partial charge in [-0.2, -0.15) is 0 Å². The van der Waals surface area contributed by atoms with Gasteiger partial charge in [0, 0.05) is 49.4 Å². The molecule has 2 heterocycles. The molecule has 0 saturated carbocycles. The molecule has 1 fully saturated rings. The van der Waals surface area contributed by atoms with Gasteiger partial charge >= 0.3 is 0 Å². The molecule has 0 radical (unpaired) electrons. The minimum Gasteiger partial charge on any atom is -0.359 e. The van der Waals surface area contributed by atoms with E-state index in [1.807, 2.05) is 30.3 Å². The van der Waals surface area contributed by atoms with Crippen molar-refractivity contribution < 1.29 is 9.32 Å². The van der Waals surface area contributed by atoms with Crippen LogP contribution >= 0.6 is 11.6 Å². The molecule has 1 aromatic carbocycles. The maximum Gasteiger partial charge on any atom is 0.234 e. The maximum atomic E-state index is 11.9. The number of carbonyl (C=O) groups is 1. The van der Waals surface area contributed by atoms with Gasteiger partial charge in [0.15, 0.2) is 5.76 Å². The number of hydrogen-bond acceptors (Lipinski definition) is 5. The van der Waals surface area contributed by atoms with E-state index in [4.69, 9.17) is 16.1 Å². The highest BCUT2D eigenvalue weighted by atomic mass is 35.5. The van der Waals surface area contributed by atoms with E-state index in [1.54, 1.807) is 0 Å². The van der Waals surface area contributed by atoms with Gasteiger partial charge in [-0.05, 0) is 18.6 Å². The van der Waals surface area contributed by atoms with Crippen LogP contribution in [0.3, 0.4) is 0 Å². The number of hydrogen-bond donors (Lipinski definition) is 1. The molecular formula is C20H27ClN4O2. The van der Waals surface area contributed by atoms with E-state index < -0.39 is 0 Å². The average molecular weight is 391 g/mol. The van der Waals surface area contributed by atoms with Crippen molar-refractivity contribution in [3.05, 3.63) is 41.1 Å². The molecular weight excluding hydrogens is 364 g/mol. The van der Waals surface area contributed by atoms with E-state index in [0.717, 1.165) is 69.1 Å². The summed E-state index contributed by atoms with van der Waals surface area (Å²) in [6.45, 7) is 7.73. The van der Waals surface area contributed by atoms with Gasteiger partial charge in [0.1, 0.15) is 5.69 Å². The van der Waals surface area contributed by atoms with Crippen LogP contribution in [0, 0.1) is 0 Å². The third-order valence-corrected chi connectivity index (χ3v) is 5.01. The molecule has 1 aliphatic heterocycles. The molecule has 1 aliphatic rings. The molecule has 2 aromatic rings. The first-order chi connectivity index (χ1) is 13.1. The number of halogens is 1. The average Bonchev–Trinajstić information content (AvgIpc) is 3.13. The molecule has 1 saturated heterocycles. The molecule has 3 rings (SSSR count). The summed E-state index contributed by atoms with van der Waals surface area (Å²) in [6.07, 6.45) is 2.13. The SMILES string of the molecule is CCCCNC(=O)CN1CCN(Cc2cc(-c3ccc(Cl)cc3)no2)CC1. The first kappa shape index (κ1) is 19.9. The maximum absolute atomic E-state index is 11.9. The van der Waals surface area contributed by atoms with Crippen molar-refractivity contribution in [2.45, 2.75) is 26.3 Å². The Morgan fingerprint density at radius 3 is 2.59 bits per heavy atom. The number of carbonyl (C=O) groups excluding carboxylic acids is 1. The van der Waals surface area contributed by atoms with Gasteiger partial charge in [-0.3, -0.25) is 14.6 Å². The quantitative estimate of drug-likeness (QED) is 0.702. The molecule has 6 nitrogen and oxygen atoms in total. The fourth-order valence-corrected chi connectivity index (χ4v) is 3.26. The second kappa shape index (κ2) is 9.88. The van der Waals surface area contributed by atoms with Gasteiger partial charge in [0.25, 0.3) is 0 Å². The van der Waals surface area contributed by atoms with Gasteiger partial charge in [0.05, 0.1) is 13.1 Å². The zero-order chi connectivity index (χ0) is 19.1. The molecule has 0 spiro atoms. The fourth-order valence-electron chi connectivity index (χ4n) is 3.13. The van der Waals surface area contributed by atoms with E-state index in [9.17, 15) is 4.79 Å². The van der Waals surface area contributed by atoms with Crippen LogP contribution in [0.2, 0.25) is 5.02 Å². The smallest absolute Gasteiger partial charge is 0.234 e. The number of unbranched alkanes of at least 4 members (excludes halogenated alkanes) is 1. The van der Waals surface area contributed by atoms with Crippen molar-refractivity contribution >= 4 is 17.5 Å². The molecule has 0 aliphatic carbocycles. The van der Waals surface area contributed by atoms with Crippen LogP contribution in [-0.4, -0.2) is 60.1 Å². The lowest BCUT2D eigenvalue weighted by molar-refractivity contribution is -0.122. The number of amides is 1. The lowest BCUT2D eigenvalue weighted by atomic mass is 10.1. The van der Waals surface area contributed by atoms with Crippen LogP contribution in [0.15, 0.2) is 34.9 Å². The highest BCUT2D eigenvalue weighted by Gasteiger charge is 2.20. The number of piperazine rings is 1. The number of nitrogens with zero attached hydrogens (tertiary/aromatic N) is 3. The van der Waals surface area contributed by atoms with Crippen LogP contribution in [0.1, 0.15) is 25.5 Å². The van der Waals surface area contributed by atoms with Gasteiger partial charge in [-0.1, -0.05) is 42.2 Å². The summed E-state index contributed by atoms with van der Waals surface area (Å²) in [5, 5.41) is 7.85. The normalized spacial score (nSPS) is 15.8. The second-order valence-corrected chi connectivity index (χ2v) is 7.38. The predicted octanol–water partition coefficient (Wildman–Crippen LogP) is 3.03. The summed E-state index contributed by atoms with van der Waals surface area (Å²) in [5.74, 6) is 0.977. The second-order valence-electron chi connectivity index (χ2n) is 6.94. The molecule has 1 aromatic heterocycles. The third kappa shape index (κ3) is 6.06. The molecule has 1 N–H and O–H groups in total. The minimum atomic E-state index is 0.125. The highest BCUT2D eigenvalue weighted by molar-refractivity contribution is 6.30. The summed E-state index contributed by atoms with van der Waals surface area (Å²) >= 11 is 5.93. The molecule has 0 bridgehead atoms. The first-order valence-corrected chi connectivity index (χ1v) is 9.95. The van der Waals surface area contributed by atoms with E-state index in [2.05, 4.69) is 27.2 Å². The zero-order valence-corrected chi connectivity index (χ0v) is 16.5. The summed E-state index contributed by atoms with van der Waals surface area (Å²) in [6, 6.07) is 9.56. The summed E-state index contributed by atoms with van der Waals surface area (Å²) in [4.78, 5) is 16.5. The monoisotopic (exact) mass is 390 g/mol. The van der Waals surface area contributed by atoms with Gasteiger partial charge in [-0.15, -0.1) is 0 Å². The third-order valence-electron chi connectivity index (χ3n) is 4.76. The Morgan fingerprint density at radius 1 is 1.19 bits per heavy atom. The lowest BCUT2D eigenvalue weighted by Crippen LogP contribution is -2.49. The van der Waals surface area contributed by atoms with Crippen molar-refractivity contribution in [2.24, 2.45) is 0 Å². The topological polar surface area (TPSA) is 61.6 Å². The molecule has 7 heteroatoms. The summed E-state index contributed by atoms with van der Waals surface area (Å²) < 4.78 is 5.50. The van der Waals surface area contributed by atoms with Crippen molar-refractivity contribution in [2.75, 3.05) is 39.3 Å². The number of aromatic nitrogens is 1. The highest BCUT2D eigenvalue weighted by Crippen LogP contribution is 2.22. The Labute approximate surface area is 165 Å². The standard InChI is InChI=1S/C20H27ClN4O2/c1-2-3-8-22-20(26)15-25-11-9-24(10-12-25)14-18-13-19(23-27-18)16-4-6-17(21)7-5-16/h4-7,13H,2-3,8-12,14-15H2,1H3,(H,22,26). The Bertz CT molecular complexity index is 724. The van der Waals surface area contributed by atoms with Crippen molar-refractivity contribution in [3.63, 3.8) is 0 Å². The van der Waals surface area contributed by atoms with Gasteiger partial charge in [0.2, 0.25) is 5.91 Å². The van der Waals surface area contributed by atoms with E-state index in [1.165, 1.54) is 0 Å². The van der Waals surface area contributed by atoms with E-state index in [0.29, 0.717) is 11.6 Å². The summed E-state index contributed by atoms with van der Waals surface area (Å²) in [7, 11) is 0. The molecule has 27 heavy (non-hydrogen) atoms. The fraction of sp³-hybridized carbons (Fsp3) is 0.500. The van der Waals surface area contributed by atoms with Crippen molar-refractivity contribution in [1.82, 2.24) is 20.3 Å². The van der Waals surface area contributed by atoms with Crippen LogP contribution in [0.25, 0.3) is 11.3 Å². The molecule has 0 unspecified atom stereocenters. The van der Waals surface area contributed by atoms with Crippen LogP contribution in [0.4, 0.5) is 0 Å². The summed E-state index contributed by atoms with van der Waals surface area (Å²) in [5.41, 5.74) is 1.82. The Kier molecular flexibility index (Phi) is 7.26. The Morgan fingerprint density at radius 2 is 1.89 bits per heavy atom. The van der Waals surface area contributed by atoms with Gasteiger partial charge < -0.3 is 9.84 Å². The first-order valence-electron chi connectivity index (χ1n) is 9.57. The number of nitrogens with one attached hydrogen (secondary N) is 1. The van der Waals surface area contributed by atoms with Crippen LogP contribution in [0.5, 0.6) is 0 Å². The van der Waals surface area contributed by atoms with Crippen LogP contribution in [-0.2, 0) is 11.3 Å². The molecule has 0 atom stereocenters. The number of benzene rings is 1. The largest absolute Gasteiger partial charge is 0.359 e. The van der Waals surface area contributed by atoms with Crippen molar-refractivity contribution in [3.8, 4) is 11.3 Å². The van der Waals surface area contributed by atoms with E-state index >= 15 is 0 Å². The zero-order valence-electron chi connectivity index (χ0n) is 15.8. The van der Waals surface area contributed by atoms with Gasteiger partial charge in [-0.25, -0.2) is 0 Å².